The predicted molar refractivity (Wildman–Crippen MR) is 132 cm³/mol. The molecule has 0 radical (unpaired) electrons. The summed E-state index contributed by atoms with van der Waals surface area (Å²) in [6.45, 7) is 3.52. The summed E-state index contributed by atoms with van der Waals surface area (Å²) in [6, 6.07) is 3.76. The lowest BCUT2D eigenvalue weighted by molar-refractivity contribution is 0.596. The molecule has 9 nitrogen and oxygen atoms in total. The maximum atomic E-state index is 14.6. The van der Waals surface area contributed by atoms with Crippen LogP contribution in [-0.2, 0) is 16.3 Å². The van der Waals surface area contributed by atoms with Crippen LogP contribution in [0.2, 0.25) is 0 Å². The summed E-state index contributed by atoms with van der Waals surface area (Å²) in [4.78, 5) is 19.8. The van der Waals surface area contributed by atoms with E-state index in [9.17, 15) is 12.8 Å². The molecule has 5 rings (SSSR count). The van der Waals surface area contributed by atoms with Crippen molar-refractivity contribution in [3.05, 3.63) is 72.5 Å². The lowest BCUT2D eigenvalue weighted by Crippen LogP contribution is -2.30. The van der Waals surface area contributed by atoms with Crippen molar-refractivity contribution in [2.24, 2.45) is 0 Å². The normalized spacial score (nSPS) is 14.3. The van der Waals surface area contributed by atoms with Gasteiger partial charge in [-0.15, -0.1) is 0 Å². The average molecular weight is 494 g/mol. The van der Waals surface area contributed by atoms with E-state index in [0.717, 1.165) is 48.5 Å². The monoisotopic (exact) mass is 493 g/mol. The molecule has 0 bridgehead atoms. The van der Waals surface area contributed by atoms with Crippen molar-refractivity contribution in [3.63, 3.8) is 0 Å². The first-order valence-electron chi connectivity index (χ1n) is 11.2. The topological polar surface area (TPSA) is 105 Å². The Labute approximate surface area is 202 Å². The molecule has 11 heteroatoms. The zero-order valence-electron chi connectivity index (χ0n) is 19.3. The number of imidazole rings is 1. The second kappa shape index (κ2) is 9.06. The number of halogens is 1. The highest BCUT2D eigenvalue weighted by Gasteiger charge is 2.19. The molecule has 1 aliphatic heterocycles. The maximum absolute atomic E-state index is 14.6. The van der Waals surface area contributed by atoms with Crippen LogP contribution in [0.5, 0.6) is 0 Å². The Balaban J connectivity index is 1.39. The molecule has 0 atom stereocenters. The molecule has 0 unspecified atom stereocenters. The molecule has 1 aromatic carbocycles. The average Bonchev–Trinajstić information content (AvgIpc) is 3.30. The van der Waals surface area contributed by atoms with Crippen LogP contribution in [0.15, 0.2) is 60.3 Å². The highest BCUT2D eigenvalue weighted by molar-refractivity contribution is 7.90. The molecule has 35 heavy (non-hydrogen) atoms. The summed E-state index contributed by atoms with van der Waals surface area (Å²) in [5.41, 5.74) is 4.37. The molecule has 4 heterocycles. The second-order valence-corrected chi connectivity index (χ2v) is 10.4. The first kappa shape index (κ1) is 22.9. The lowest BCUT2D eigenvalue weighted by atomic mass is 10.1. The first-order chi connectivity index (χ1) is 16.8. The van der Waals surface area contributed by atoms with Crippen LogP contribution in [-0.4, -0.2) is 52.1 Å². The van der Waals surface area contributed by atoms with Gasteiger partial charge in [-0.25, -0.2) is 32.7 Å². The molecule has 0 spiro atoms. The van der Waals surface area contributed by atoms with Crippen LogP contribution >= 0.6 is 0 Å². The van der Waals surface area contributed by atoms with Crippen LogP contribution in [0.25, 0.3) is 11.2 Å². The molecule has 4 aromatic rings. The Hall–Kier alpha value is -3.86. The Morgan fingerprint density at radius 3 is 2.54 bits per heavy atom. The van der Waals surface area contributed by atoms with Crippen molar-refractivity contribution in [1.82, 2.24) is 24.3 Å². The largest absolute Gasteiger partial charge is 0.349 e. The molecule has 3 aromatic heterocycles. The smallest absolute Gasteiger partial charge is 0.225 e. The standard InChI is InChI=1S/C24H24FN7O2S/c1-3-16-11-28-24(29-12-16)31-8-6-17(7-9-31)22-14-27-23-21(13-26-15-32(22)23)30-20-5-4-18(10-19(20)25)35(2,33)34/h4-6,10-15,30H,3,7-9H2,1-2H3. The number of hydrogen-bond acceptors (Lipinski definition) is 8. The third-order valence-corrected chi connectivity index (χ3v) is 7.09. The fourth-order valence-corrected chi connectivity index (χ4v) is 4.62. The highest BCUT2D eigenvalue weighted by Crippen LogP contribution is 2.29. The number of anilines is 3. The zero-order chi connectivity index (χ0) is 24.6. The molecule has 1 N–H and O–H groups in total. The Kier molecular flexibility index (Phi) is 5.93. The third kappa shape index (κ3) is 4.59. The number of nitrogens with one attached hydrogen (secondary N) is 1. The van der Waals surface area contributed by atoms with Gasteiger partial charge in [-0.3, -0.25) is 4.40 Å². The van der Waals surface area contributed by atoms with Gasteiger partial charge in [0.25, 0.3) is 0 Å². The number of hydrogen-bond donors (Lipinski definition) is 1. The van der Waals surface area contributed by atoms with E-state index < -0.39 is 15.7 Å². The Bertz CT molecular complexity index is 1530. The van der Waals surface area contributed by atoms with Crippen LogP contribution < -0.4 is 10.2 Å². The number of nitrogens with zero attached hydrogens (tertiary/aromatic N) is 6. The summed E-state index contributed by atoms with van der Waals surface area (Å²) in [5.74, 6) is 0.0405. The molecular weight excluding hydrogens is 469 g/mol. The van der Waals surface area contributed by atoms with E-state index in [2.05, 4.69) is 43.2 Å². The summed E-state index contributed by atoms with van der Waals surface area (Å²) in [7, 11) is -3.50. The molecule has 0 amide bonds. The molecule has 0 fully saturated rings. The number of aromatic nitrogens is 5. The highest BCUT2D eigenvalue weighted by atomic mass is 32.2. The fourth-order valence-electron chi connectivity index (χ4n) is 3.99. The number of aryl methyl sites for hydroxylation is 1. The van der Waals surface area contributed by atoms with E-state index in [4.69, 9.17) is 0 Å². The van der Waals surface area contributed by atoms with E-state index >= 15 is 0 Å². The fraction of sp³-hybridized carbons (Fsp3) is 0.250. The van der Waals surface area contributed by atoms with Crippen molar-refractivity contribution in [1.29, 1.82) is 0 Å². The van der Waals surface area contributed by atoms with Gasteiger partial charge in [0.05, 0.1) is 28.7 Å². The number of fused-ring (bicyclic) bond motifs is 1. The minimum atomic E-state index is -3.50. The van der Waals surface area contributed by atoms with Crippen LogP contribution in [0.4, 0.5) is 21.7 Å². The van der Waals surface area contributed by atoms with Gasteiger partial charge in [0.15, 0.2) is 15.5 Å². The quantitative estimate of drug-likeness (QED) is 0.434. The second-order valence-electron chi connectivity index (χ2n) is 8.35. The lowest BCUT2D eigenvalue weighted by Gasteiger charge is -2.26. The van der Waals surface area contributed by atoms with E-state index in [1.165, 1.54) is 12.1 Å². The number of rotatable bonds is 6. The van der Waals surface area contributed by atoms with E-state index in [1.54, 1.807) is 18.7 Å². The van der Waals surface area contributed by atoms with Crippen LogP contribution in [0.1, 0.15) is 24.6 Å². The number of sulfone groups is 1. The molecule has 0 aliphatic carbocycles. The van der Waals surface area contributed by atoms with Crippen molar-refractivity contribution < 1.29 is 12.8 Å². The van der Waals surface area contributed by atoms with Gasteiger partial charge >= 0.3 is 0 Å². The molecule has 0 saturated carbocycles. The van der Waals surface area contributed by atoms with Gasteiger partial charge in [0, 0.05) is 31.7 Å². The molecule has 1 aliphatic rings. The van der Waals surface area contributed by atoms with Crippen molar-refractivity contribution >= 4 is 38.4 Å². The van der Waals surface area contributed by atoms with Gasteiger partial charge in [-0.1, -0.05) is 13.0 Å². The SMILES string of the molecule is CCc1cnc(N2CC=C(c3cnc4c(Nc5ccc(S(C)(=O)=O)cc5F)cncn34)CC2)nc1. The molecule has 180 valence electrons. The van der Waals surface area contributed by atoms with Crippen molar-refractivity contribution in [3.8, 4) is 0 Å². The van der Waals surface area contributed by atoms with E-state index in [-0.39, 0.29) is 10.6 Å². The van der Waals surface area contributed by atoms with Gasteiger partial charge in [-0.2, -0.15) is 0 Å². The number of benzene rings is 1. The Morgan fingerprint density at radius 2 is 1.89 bits per heavy atom. The summed E-state index contributed by atoms with van der Waals surface area (Å²) >= 11 is 0. The summed E-state index contributed by atoms with van der Waals surface area (Å²) in [6.07, 6.45) is 13.6. The summed E-state index contributed by atoms with van der Waals surface area (Å²) < 4.78 is 39.8. The maximum Gasteiger partial charge on any atom is 0.225 e. The van der Waals surface area contributed by atoms with Crippen molar-refractivity contribution in [2.45, 2.75) is 24.7 Å². The van der Waals surface area contributed by atoms with E-state index in [0.29, 0.717) is 23.8 Å². The van der Waals surface area contributed by atoms with Gasteiger partial charge in [0.1, 0.15) is 17.8 Å². The van der Waals surface area contributed by atoms with Gasteiger partial charge < -0.3 is 10.2 Å². The molecule has 0 saturated heterocycles. The molecular formula is C24H24FN7O2S. The van der Waals surface area contributed by atoms with Gasteiger partial charge in [-0.05, 0) is 42.2 Å². The third-order valence-electron chi connectivity index (χ3n) is 5.98. The van der Waals surface area contributed by atoms with Crippen LogP contribution in [0, 0.1) is 5.82 Å². The summed E-state index contributed by atoms with van der Waals surface area (Å²) in [5, 5.41) is 2.99. The van der Waals surface area contributed by atoms with E-state index in [1.807, 2.05) is 16.8 Å². The zero-order valence-corrected chi connectivity index (χ0v) is 20.1. The Morgan fingerprint density at radius 1 is 1.09 bits per heavy atom. The van der Waals surface area contributed by atoms with Crippen LogP contribution in [0.3, 0.4) is 0 Å². The van der Waals surface area contributed by atoms with Gasteiger partial charge in [0.2, 0.25) is 5.95 Å². The minimum Gasteiger partial charge on any atom is -0.349 e. The first-order valence-corrected chi connectivity index (χ1v) is 13.1. The predicted octanol–water partition coefficient (Wildman–Crippen LogP) is 3.66. The minimum absolute atomic E-state index is 0.0787. The van der Waals surface area contributed by atoms with Crippen molar-refractivity contribution in [2.75, 3.05) is 29.6 Å².